The van der Waals surface area contributed by atoms with E-state index in [0.717, 1.165) is 45.8 Å². The van der Waals surface area contributed by atoms with Gasteiger partial charge >= 0.3 is 0 Å². The number of benzene rings is 2. The maximum atomic E-state index is 6.09. The minimum Gasteiger partial charge on any atom is -0.490 e. The molecular formula is C23H25BrN2O2. The molecule has 1 heterocycles. The molecule has 0 radical (unpaired) electrons. The third-order valence-corrected chi connectivity index (χ3v) is 4.80. The van der Waals surface area contributed by atoms with E-state index in [1.54, 1.807) is 6.20 Å². The molecular weight excluding hydrogens is 416 g/mol. The van der Waals surface area contributed by atoms with Crippen molar-refractivity contribution in [3.8, 4) is 11.5 Å². The number of hydrogen-bond donors (Lipinski definition) is 1. The van der Waals surface area contributed by atoms with E-state index in [2.05, 4.69) is 63.5 Å². The Kier molecular flexibility index (Phi) is 7.46. The lowest BCUT2D eigenvalue weighted by Crippen LogP contribution is -2.13. The molecule has 28 heavy (non-hydrogen) atoms. The zero-order chi connectivity index (χ0) is 19.8. The summed E-state index contributed by atoms with van der Waals surface area (Å²) in [6.07, 6.45) is 3.65. The predicted octanol–water partition coefficient (Wildman–Crippen LogP) is 5.42. The number of aromatic nitrogens is 1. The summed E-state index contributed by atoms with van der Waals surface area (Å²) in [5.74, 6) is 1.49. The number of hydrogen-bond acceptors (Lipinski definition) is 4. The summed E-state index contributed by atoms with van der Waals surface area (Å²) in [4.78, 5) is 4.14. The fraction of sp³-hybridized carbons (Fsp3) is 0.261. The molecule has 0 spiro atoms. The van der Waals surface area contributed by atoms with E-state index in [0.29, 0.717) is 13.2 Å². The van der Waals surface area contributed by atoms with Crippen LogP contribution in [0.5, 0.6) is 11.5 Å². The summed E-state index contributed by atoms with van der Waals surface area (Å²) in [5.41, 5.74) is 4.64. The lowest BCUT2D eigenvalue weighted by molar-refractivity contribution is 0.267. The van der Waals surface area contributed by atoms with Gasteiger partial charge in [0.2, 0.25) is 0 Å². The van der Waals surface area contributed by atoms with Crippen molar-refractivity contribution >= 4 is 15.9 Å². The van der Waals surface area contributed by atoms with Crippen molar-refractivity contribution in [1.82, 2.24) is 10.3 Å². The molecule has 1 aromatic heterocycles. The number of pyridine rings is 1. The maximum Gasteiger partial charge on any atom is 0.175 e. The number of ether oxygens (including phenoxy) is 2. The van der Waals surface area contributed by atoms with Crippen LogP contribution in [0.2, 0.25) is 0 Å². The number of halogens is 1. The first kappa shape index (κ1) is 20.4. The predicted molar refractivity (Wildman–Crippen MR) is 116 cm³/mol. The third-order valence-electron chi connectivity index (χ3n) is 4.22. The van der Waals surface area contributed by atoms with Crippen molar-refractivity contribution < 1.29 is 9.47 Å². The van der Waals surface area contributed by atoms with Gasteiger partial charge in [0.1, 0.15) is 6.61 Å². The molecule has 1 N–H and O–H groups in total. The molecule has 0 bridgehead atoms. The Hall–Kier alpha value is -2.37. The summed E-state index contributed by atoms with van der Waals surface area (Å²) in [6, 6.07) is 16.4. The molecule has 146 valence electrons. The van der Waals surface area contributed by atoms with Gasteiger partial charge in [0, 0.05) is 25.5 Å². The SMILES string of the molecule is CCOc1cc(CNCc2cccnc2)cc(Br)c1OCc1cccc(C)c1. The van der Waals surface area contributed by atoms with Gasteiger partial charge in [-0.25, -0.2) is 0 Å². The van der Waals surface area contributed by atoms with Crippen molar-refractivity contribution in [1.29, 1.82) is 0 Å². The molecule has 0 saturated carbocycles. The van der Waals surface area contributed by atoms with Crippen LogP contribution in [0.15, 0.2) is 65.4 Å². The summed E-state index contributed by atoms with van der Waals surface area (Å²) >= 11 is 3.65. The van der Waals surface area contributed by atoms with Gasteiger partial charge in [0.15, 0.2) is 11.5 Å². The van der Waals surface area contributed by atoms with Crippen LogP contribution < -0.4 is 14.8 Å². The van der Waals surface area contributed by atoms with Gasteiger partial charge in [-0.15, -0.1) is 0 Å². The molecule has 2 aromatic carbocycles. The largest absolute Gasteiger partial charge is 0.490 e. The Morgan fingerprint density at radius 1 is 0.964 bits per heavy atom. The second-order valence-electron chi connectivity index (χ2n) is 6.58. The van der Waals surface area contributed by atoms with E-state index < -0.39 is 0 Å². The van der Waals surface area contributed by atoms with Gasteiger partial charge in [0.05, 0.1) is 11.1 Å². The summed E-state index contributed by atoms with van der Waals surface area (Å²) in [7, 11) is 0. The molecule has 0 saturated heterocycles. The van der Waals surface area contributed by atoms with Gasteiger partial charge in [-0.2, -0.15) is 0 Å². The zero-order valence-electron chi connectivity index (χ0n) is 16.2. The van der Waals surface area contributed by atoms with Crippen molar-refractivity contribution in [2.75, 3.05) is 6.61 Å². The van der Waals surface area contributed by atoms with Crippen LogP contribution in [0.25, 0.3) is 0 Å². The van der Waals surface area contributed by atoms with E-state index in [4.69, 9.17) is 9.47 Å². The van der Waals surface area contributed by atoms with Crippen LogP contribution in [-0.4, -0.2) is 11.6 Å². The Morgan fingerprint density at radius 2 is 1.79 bits per heavy atom. The van der Waals surface area contributed by atoms with E-state index in [1.165, 1.54) is 5.56 Å². The van der Waals surface area contributed by atoms with Crippen molar-refractivity contribution in [3.63, 3.8) is 0 Å². The van der Waals surface area contributed by atoms with Crippen molar-refractivity contribution in [2.24, 2.45) is 0 Å². The average Bonchev–Trinajstić information content (AvgIpc) is 2.68. The van der Waals surface area contributed by atoms with Gasteiger partial charge < -0.3 is 14.8 Å². The standard InChI is InChI=1S/C23H25BrN2O2/c1-3-27-22-12-20(15-26-14-19-8-5-9-25-13-19)11-21(24)23(22)28-16-18-7-4-6-17(2)10-18/h4-13,26H,3,14-16H2,1-2H3. The summed E-state index contributed by atoms with van der Waals surface area (Å²) in [5, 5.41) is 3.44. The lowest BCUT2D eigenvalue weighted by atomic mass is 10.1. The minimum absolute atomic E-state index is 0.499. The fourth-order valence-electron chi connectivity index (χ4n) is 2.94. The average molecular weight is 441 g/mol. The van der Waals surface area contributed by atoms with E-state index in [9.17, 15) is 0 Å². The van der Waals surface area contributed by atoms with Gasteiger partial charge in [0.25, 0.3) is 0 Å². The van der Waals surface area contributed by atoms with Crippen LogP contribution >= 0.6 is 15.9 Å². The van der Waals surface area contributed by atoms with E-state index in [-0.39, 0.29) is 0 Å². The van der Waals surface area contributed by atoms with Crippen LogP contribution in [0.3, 0.4) is 0 Å². The van der Waals surface area contributed by atoms with E-state index in [1.807, 2.05) is 31.3 Å². The molecule has 0 aliphatic carbocycles. The second-order valence-corrected chi connectivity index (χ2v) is 7.43. The van der Waals surface area contributed by atoms with Gasteiger partial charge in [-0.1, -0.05) is 35.9 Å². The zero-order valence-corrected chi connectivity index (χ0v) is 17.8. The highest BCUT2D eigenvalue weighted by molar-refractivity contribution is 9.10. The van der Waals surface area contributed by atoms with Crippen molar-refractivity contribution in [2.45, 2.75) is 33.5 Å². The summed E-state index contributed by atoms with van der Waals surface area (Å²) in [6.45, 7) is 6.63. The number of nitrogens with zero attached hydrogens (tertiary/aromatic N) is 1. The fourth-order valence-corrected chi connectivity index (χ4v) is 3.54. The monoisotopic (exact) mass is 440 g/mol. The molecule has 3 rings (SSSR count). The van der Waals surface area contributed by atoms with Crippen molar-refractivity contribution in [3.05, 3.63) is 87.7 Å². The smallest absolute Gasteiger partial charge is 0.175 e. The molecule has 5 heteroatoms. The normalized spacial score (nSPS) is 10.7. The topological polar surface area (TPSA) is 43.4 Å². The van der Waals surface area contributed by atoms with Gasteiger partial charge in [-0.05, 0) is 64.7 Å². The first-order chi connectivity index (χ1) is 13.7. The van der Waals surface area contributed by atoms with Crippen LogP contribution in [0.4, 0.5) is 0 Å². The molecule has 4 nitrogen and oxygen atoms in total. The lowest BCUT2D eigenvalue weighted by Gasteiger charge is -2.16. The Morgan fingerprint density at radius 3 is 2.54 bits per heavy atom. The number of aryl methyl sites for hydroxylation is 1. The summed E-state index contributed by atoms with van der Waals surface area (Å²) < 4.78 is 12.8. The van der Waals surface area contributed by atoms with E-state index >= 15 is 0 Å². The highest BCUT2D eigenvalue weighted by atomic mass is 79.9. The molecule has 0 amide bonds. The van der Waals surface area contributed by atoms with Crippen LogP contribution in [0.1, 0.15) is 29.2 Å². The first-order valence-corrected chi connectivity index (χ1v) is 10.2. The first-order valence-electron chi connectivity index (χ1n) is 9.39. The molecule has 0 aliphatic rings. The minimum atomic E-state index is 0.499. The molecule has 0 atom stereocenters. The molecule has 0 fully saturated rings. The second kappa shape index (κ2) is 10.2. The van der Waals surface area contributed by atoms with Crippen LogP contribution in [-0.2, 0) is 19.7 Å². The third kappa shape index (κ3) is 5.81. The number of rotatable bonds is 9. The highest BCUT2D eigenvalue weighted by Gasteiger charge is 2.13. The Labute approximate surface area is 175 Å². The Bertz CT molecular complexity index is 900. The van der Waals surface area contributed by atoms with Crippen LogP contribution in [0, 0.1) is 6.92 Å². The maximum absolute atomic E-state index is 6.09. The molecule has 0 aliphatic heterocycles. The Balaban J connectivity index is 1.68. The quantitative estimate of drug-likeness (QED) is 0.482. The highest BCUT2D eigenvalue weighted by Crippen LogP contribution is 2.37. The molecule has 0 unspecified atom stereocenters. The van der Waals surface area contributed by atoms with Gasteiger partial charge in [-0.3, -0.25) is 4.98 Å². The number of nitrogens with one attached hydrogen (secondary N) is 1. The molecule has 3 aromatic rings.